The smallest absolute Gasteiger partial charge is 0.150 e. The van der Waals surface area contributed by atoms with Gasteiger partial charge in [0.1, 0.15) is 12.9 Å². The number of carbonyl (C=O) groups is 1. The molecule has 1 atom stereocenters. The molecule has 0 spiro atoms. The molecule has 1 aromatic carbocycles. The van der Waals surface area contributed by atoms with Crippen LogP contribution in [0, 0.1) is 5.92 Å². The van der Waals surface area contributed by atoms with E-state index in [1.807, 2.05) is 19.1 Å². The van der Waals surface area contributed by atoms with Crippen LogP contribution >= 0.6 is 0 Å². The Bertz CT molecular complexity index is 382. The molecule has 0 bridgehead atoms. The molecular formula is C14H19NO2. The fraction of sp³-hybridized carbons (Fsp3) is 0.429. The van der Waals surface area contributed by atoms with E-state index in [0.717, 1.165) is 24.0 Å². The van der Waals surface area contributed by atoms with Crippen LogP contribution in [0.5, 0.6) is 0 Å². The Hall–Kier alpha value is -1.64. The maximum Gasteiger partial charge on any atom is 0.150 e. The number of nitrogens with zero attached hydrogens (tertiary/aromatic N) is 1. The normalized spacial score (nSPS) is 13.2. The molecule has 3 heteroatoms. The van der Waals surface area contributed by atoms with Gasteiger partial charge in [0.2, 0.25) is 0 Å². The Morgan fingerprint density at radius 1 is 1.41 bits per heavy atom. The van der Waals surface area contributed by atoms with Crippen molar-refractivity contribution >= 4 is 12.0 Å². The van der Waals surface area contributed by atoms with Crippen LogP contribution in [0.1, 0.15) is 43.1 Å². The summed E-state index contributed by atoms with van der Waals surface area (Å²) in [6.45, 7) is 6.79. The van der Waals surface area contributed by atoms with Crippen molar-refractivity contribution in [2.75, 3.05) is 6.61 Å². The minimum absolute atomic E-state index is 0.518. The standard InChI is InChI=1S/C14H19NO2/c1-4-11(2)10-17-15-12(3)14-7-5-13(9-16)6-8-14/h5-9,11H,4,10H2,1-3H3/b15-12+. The second-order valence-corrected chi connectivity index (χ2v) is 4.23. The quantitative estimate of drug-likeness (QED) is 0.429. The third kappa shape index (κ3) is 4.39. The Morgan fingerprint density at radius 3 is 2.59 bits per heavy atom. The van der Waals surface area contributed by atoms with Crippen molar-refractivity contribution < 1.29 is 9.63 Å². The van der Waals surface area contributed by atoms with Crippen LogP contribution in [-0.2, 0) is 4.84 Å². The van der Waals surface area contributed by atoms with E-state index in [-0.39, 0.29) is 0 Å². The second kappa shape index (κ2) is 6.84. The van der Waals surface area contributed by atoms with Gasteiger partial charge in [-0.1, -0.05) is 49.7 Å². The molecule has 0 fully saturated rings. The lowest BCUT2D eigenvalue weighted by molar-refractivity contribution is 0.111. The number of aldehydes is 1. The molecule has 3 nitrogen and oxygen atoms in total. The van der Waals surface area contributed by atoms with Gasteiger partial charge in [0.25, 0.3) is 0 Å². The number of hydrogen-bond acceptors (Lipinski definition) is 3. The van der Waals surface area contributed by atoms with Crippen molar-refractivity contribution in [2.45, 2.75) is 27.2 Å². The highest BCUT2D eigenvalue weighted by atomic mass is 16.6. The van der Waals surface area contributed by atoms with E-state index in [2.05, 4.69) is 19.0 Å². The highest BCUT2D eigenvalue weighted by molar-refractivity contribution is 5.98. The average Bonchev–Trinajstić information content (AvgIpc) is 2.38. The van der Waals surface area contributed by atoms with Crippen molar-refractivity contribution in [3.63, 3.8) is 0 Å². The predicted molar refractivity (Wildman–Crippen MR) is 69.4 cm³/mol. The molecule has 1 aromatic rings. The van der Waals surface area contributed by atoms with Crippen LogP contribution in [0.2, 0.25) is 0 Å². The molecule has 1 unspecified atom stereocenters. The van der Waals surface area contributed by atoms with Crippen LogP contribution in [-0.4, -0.2) is 18.6 Å². The first-order valence-electron chi connectivity index (χ1n) is 5.89. The lowest BCUT2D eigenvalue weighted by Gasteiger charge is -2.07. The first kappa shape index (κ1) is 13.4. The van der Waals surface area contributed by atoms with Gasteiger partial charge in [-0.2, -0.15) is 0 Å². The third-order valence-electron chi connectivity index (χ3n) is 2.72. The Kier molecular flexibility index (Phi) is 5.40. The minimum atomic E-state index is 0.518. The van der Waals surface area contributed by atoms with Crippen molar-refractivity contribution in [3.05, 3.63) is 35.4 Å². The molecule has 0 aliphatic carbocycles. The van der Waals surface area contributed by atoms with Gasteiger partial charge in [0, 0.05) is 5.56 Å². The predicted octanol–water partition coefficient (Wildman–Crippen LogP) is 3.29. The first-order valence-corrected chi connectivity index (χ1v) is 5.89. The summed E-state index contributed by atoms with van der Waals surface area (Å²) >= 11 is 0. The van der Waals surface area contributed by atoms with Gasteiger partial charge in [-0.3, -0.25) is 4.79 Å². The summed E-state index contributed by atoms with van der Waals surface area (Å²) in [7, 11) is 0. The van der Waals surface area contributed by atoms with Crippen molar-refractivity contribution in [1.82, 2.24) is 0 Å². The van der Waals surface area contributed by atoms with Gasteiger partial charge in [-0.15, -0.1) is 0 Å². The summed E-state index contributed by atoms with van der Waals surface area (Å²) in [5.41, 5.74) is 2.47. The van der Waals surface area contributed by atoms with Crippen LogP contribution in [0.15, 0.2) is 29.4 Å². The molecule has 0 saturated carbocycles. The van der Waals surface area contributed by atoms with E-state index in [9.17, 15) is 4.79 Å². The molecule has 0 saturated heterocycles. The highest BCUT2D eigenvalue weighted by Gasteiger charge is 2.00. The van der Waals surface area contributed by atoms with E-state index in [1.165, 1.54) is 0 Å². The molecule has 17 heavy (non-hydrogen) atoms. The largest absolute Gasteiger partial charge is 0.395 e. The zero-order valence-electron chi connectivity index (χ0n) is 10.6. The molecule has 0 N–H and O–H groups in total. The van der Waals surface area contributed by atoms with Gasteiger partial charge in [0.15, 0.2) is 0 Å². The van der Waals surface area contributed by atoms with Crippen molar-refractivity contribution in [1.29, 1.82) is 0 Å². The average molecular weight is 233 g/mol. The molecule has 92 valence electrons. The number of rotatable bonds is 6. The summed E-state index contributed by atoms with van der Waals surface area (Å²) in [5, 5.41) is 4.07. The van der Waals surface area contributed by atoms with E-state index in [4.69, 9.17) is 4.84 Å². The molecular weight excluding hydrogens is 214 g/mol. The maximum absolute atomic E-state index is 10.5. The van der Waals surface area contributed by atoms with Crippen molar-refractivity contribution in [2.24, 2.45) is 11.1 Å². The Labute approximate surface area is 102 Å². The SMILES string of the molecule is CCC(C)CO/N=C(\C)c1ccc(C=O)cc1. The highest BCUT2D eigenvalue weighted by Crippen LogP contribution is 2.06. The van der Waals surface area contributed by atoms with E-state index < -0.39 is 0 Å². The zero-order valence-corrected chi connectivity index (χ0v) is 10.6. The Balaban J connectivity index is 2.58. The fourth-order valence-corrected chi connectivity index (χ4v) is 1.23. The van der Waals surface area contributed by atoms with Crippen LogP contribution in [0.4, 0.5) is 0 Å². The lowest BCUT2D eigenvalue weighted by Crippen LogP contribution is -2.03. The van der Waals surface area contributed by atoms with Crippen LogP contribution in [0.25, 0.3) is 0 Å². The van der Waals surface area contributed by atoms with Crippen LogP contribution in [0.3, 0.4) is 0 Å². The van der Waals surface area contributed by atoms with Gasteiger partial charge in [-0.25, -0.2) is 0 Å². The summed E-state index contributed by atoms with van der Waals surface area (Å²) in [6, 6.07) is 7.29. The number of carbonyl (C=O) groups excluding carboxylic acids is 1. The summed E-state index contributed by atoms with van der Waals surface area (Å²) in [5.74, 6) is 0.518. The Morgan fingerprint density at radius 2 is 2.06 bits per heavy atom. The van der Waals surface area contributed by atoms with E-state index in [1.54, 1.807) is 12.1 Å². The first-order chi connectivity index (χ1) is 8.17. The molecule has 1 rings (SSSR count). The summed E-state index contributed by atoms with van der Waals surface area (Å²) in [6.07, 6.45) is 1.91. The van der Waals surface area contributed by atoms with Crippen LogP contribution < -0.4 is 0 Å². The topological polar surface area (TPSA) is 38.7 Å². The molecule has 0 amide bonds. The monoisotopic (exact) mass is 233 g/mol. The van der Waals surface area contributed by atoms with Gasteiger partial charge >= 0.3 is 0 Å². The summed E-state index contributed by atoms with van der Waals surface area (Å²) < 4.78 is 0. The van der Waals surface area contributed by atoms with Gasteiger partial charge in [0.05, 0.1) is 5.71 Å². The molecule has 0 aliphatic rings. The van der Waals surface area contributed by atoms with E-state index >= 15 is 0 Å². The van der Waals surface area contributed by atoms with Gasteiger partial charge in [-0.05, 0) is 18.4 Å². The zero-order chi connectivity index (χ0) is 12.7. The molecule has 0 aliphatic heterocycles. The maximum atomic E-state index is 10.5. The second-order valence-electron chi connectivity index (χ2n) is 4.23. The molecule has 0 aromatic heterocycles. The lowest BCUT2D eigenvalue weighted by atomic mass is 10.1. The molecule has 0 heterocycles. The number of hydrogen-bond donors (Lipinski definition) is 0. The molecule has 0 radical (unpaired) electrons. The van der Waals surface area contributed by atoms with E-state index in [0.29, 0.717) is 18.1 Å². The van der Waals surface area contributed by atoms with Crippen molar-refractivity contribution in [3.8, 4) is 0 Å². The third-order valence-corrected chi connectivity index (χ3v) is 2.72. The minimum Gasteiger partial charge on any atom is -0.395 e. The number of oxime groups is 1. The summed E-state index contributed by atoms with van der Waals surface area (Å²) in [4.78, 5) is 15.8. The number of benzene rings is 1. The fourth-order valence-electron chi connectivity index (χ4n) is 1.23. The van der Waals surface area contributed by atoms with Gasteiger partial charge < -0.3 is 4.84 Å².